The fourth-order valence-electron chi connectivity index (χ4n) is 1.97. The van der Waals surface area contributed by atoms with Gasteiger partial charge in [0.25, 0.3) is 0 Å². The Morgan fingerprint density at radius 1 is 1.27 bits per heavy atom. The molecule has 0 aromatic heterocycles. The molecule has 1 rings (SSSR count). The van der Waals surface area contributed by atoms with E-state index in [-0.39, 0.29) is 0 Å². The van der Waals surface area contributed by atoms with Gasteiger partial charge < -0.3 is 15.1 Å². The lowest BCUT2D eigenvalue weighted by Crippen LogP contribution is -2.33. The second kappa shape index (κ2) is 4.81. The van der Waals surface area contributed by atoms with Gasteiger partial charge in [0.1, 0.15) is 0 Å². The molecule has 90 valence electrons. The molecule has 2 N–H and O–H groups in total. The Hall–Kier alpha value is -0.120. The summed E-state index contributed by atoms with van der Waals surface area (Å²) in [4.78, 5) is 2.35. The molecule has 0 spiro atoms. The van der Waals surface area contributed by atoms with E-state index in [2.05, 4.69) is 4.90 Å². The Balaban J connectivity index is 2.32. The molecule has 0 aromatic carbocycles. The van der Waals surface area contributed by atoms with Crippen molar-refractivity contribution >= 4 is 0 Å². The quantitative estimate of drug-likeness (QED) is 0.747. The van der Waals surface area contributed by atoms with E-state index in [1.165, 1.54) is 0 Å². The highest BCUT2D eigenvalue weighted by Crippen LogP contribution is 2.22. The van der Waals surface area contributed by atoms with Crippen LogP contribution >= 0.6 is 0 Å². The first-order valence-corrected chi connectivity index (χ1v) is 5.96. The monoisotopic (exact) mass is 215 g/mol. The van der Waals surface area contributed by atoms with E-state index in [1.807, 2.05) is 20.8 Å². The van der Waals surface area contributed by atoms with Crippen LogP contribution in [0.4, 0.5) is 0 Å². The zero-order chi connectivity index (χ0) is 11.5. The summed E-state index contributed by atoms with van der Waals surface area (Å²) in [6, 6.07) is 0. The second-order valence-corrected chi connectivity index (χ2v) is 5.75. The lowest BCUT2D eigenvalue weighted by Gasteiger charge is -2.25. The van der Waals surface area contributed by atoms with Gasteiger partial charge in [-0.1, -0.05) is 0 Å². The molecule has 1 saturated heterocycles. The van der Waals surface area contributed by atoms with Crippen molar-refractivity contribution in [2.75, 3.05) is 19.6 Å². The van der Waals surface area contributed by atoms with Crippen LogP contribution < -0.4 is 0 Å². The van der Waals surface area contributed by atoms with Crippen LogP contribution in [0.3, 0.4) is 0 Å². The van der Waals surface area contributed by atoms with Gasteiger partial charge >= 0.3 is 0 Å². The van der Waals surface area contributed by atoms with Crippen molar-refractivity contribution in [2.45, 2.75) is 57.7 Å². The summed E-state index contributed by atoms with van der Waals surface area (Å²) in [6.07, 6.45) is 3.60. The maximum atomic E-state index is 9.92. The minimum absolute atomic E-state index is 0.483. The average Bonchev–Trinajstić information content (AvgIpc) is 2.22. The number of hydrogen-bond donors (Lipinski definition) is 2. The predicted octanol–water partition coefficient (Wildman–Crippen LogP) is 1.38. The van der Waals surface area contributed by atoms with Gasteiger partial charge in [0.15, 0.2) is 0 Å². The van der Waals surface area contributed by atoms with Gasteiger partial charge in [-0.25, -0.2) is 0 Å². The van der Waals surface area contributed by atoms with Crippen LogP contribution in [0, 0.1) is 0 Å². The van der Waals surface area contributed by atoms with Crippen LogP contribution in [0.2, 0.25) is 0 Å². The summed E-state index contributed by atoms with van der Waals surface area (Å²) < 4.78 is 0. The van der Waals surface area contributed by atoms with Crippen molar-refractivity contribution in [3.63, 3.8) is 0 Å². The lowest BCUT2D eigenvalue weighted by atomic mass is 9.98. The number of likely N-dealkylation sites (tertiary alicyclic amines) is 1. The maximum absolute atomic E-state index is 9.92. The molecule has 1 aliphatic rings. The molecule has 0 radical (unpaired) electrons. The van der Waals surface area contributed by atoms with E-state index in [4.69, 9.17) is 0 Å². The maximum Gasteiger partial charge on any atom is 0.0632 e. The van der Waals surface area contributed by atoms with Crippen LogP contribution in [-0.2, 0) is 0 Å². The molecule has 1 fully saturated rings. The molecule has 0 amide bonds. The number of hydrogen-bond acceptors (Lipinski definition) is 3. The lowest BCUT2D eigenvalue weighted by molar-refractivity contribution is 0.0408. The molecule has 3 heteroatoms. The van der Waals surface area contributed by atoms with Crippen LogP contribution in [0.1, 0.15) is 46.5 Å². The molecular formula is C12H25NO2. The van der Waals surface area contributed by atoms with Crippen LogP contribution in [0.15, 0.2) is 0 Å². The summed E-state index contributed by atoms with van der Waals surface area (Å²) in [5, 5.41) is 19.6. The molecule has 0 aromatic rings. The topological polar surface area (TPSA) is 43.7 Å². The third-order valence-corrected chi connectivity index (χ3v) is 3.20. The summed E-state index contributed by atoms with van der Waals surface area (Å²) in [5.41, 5.74) is -1.06. The molecule has 0 bridgehead atoms. The van der Waals surface area contributed by atoms with E-state index in [0.717, 1.165) is 45.3 Å². The molecular weight excluding hydrogens is 190 g/mol. The van der Waals surface area contributed by atoms with Crippen molar-refractivity contribution < 1.29 is 10.2 Å². The highest BCUT2D eigenvalue weighted by molar-refractivity contribution is 4.80. The molecule has 0 aliphatic carbocycles. The van der Waals surface area contributed by atoms with E-state index in [0.29, 0.717) is 0 Å². The molecule has 3 nitrogen and oxygen atoms in total. The highest BCUT2D eigenvalue weighted by Gasteiger charge is 2.25. The Bertz CT molecular complexity index is 196. The van der Waals surface area contributed by atoms with Gasteiger partial charge in [-0.2, -0.15) is 0 Å². The highest BCUT2D eigenvalue weighted by atomic mass is 16.3. The first-order valence-electron chi connectivity index (χ1n) is 5.96. The number of nitrogens with zero attached hydrogens (tertiary/aromatic N) is 1. The third kappa shape index (κ3) is 5.50. The zero-order valence-electron chi connectivity index (χ0n) is 10.3. The van der Waals surface area contributed by atoms with Gasteiger partial charge in [-0.3, -0.25) is 0 Å². The first-order chi connectivity index (χ1) is 6.79. The second-order valence-electron chi connectivity index (χ2n) is 5.75. The van der Waals surface area contributed by atoms with Gasteiger partial charge in [-0.15, -0.1) is 0 Å². The Labute approximate surface area is 93.1 Å². The summed E-state index contributed by atoms with van der Waals surface area (Å²) in [6.45, 7) is 8.54. The summed E-state index contributed by atoms with van der Waals surface area (Å²) in [7, 11) is 0. The van der Waals surface area contributed by atoms with E-state index in [1.54, 1.807) is 0 Å². The van der Waals surface area contributed by atoms with Crippen molar-refractivity contribution in [2.24, 2.45) is 0 Å². The average molecular weight is 215 g/mol. The molecule has 1 unspecified atom stereocenters. The van der Waals surface area contributed by atoms with Crippen molar-refractivity contribution in [1.82, 2.24) is 4.90 Å². The molecule has 1 aliphatic heterocycles. The smallest absolute Gasteiger partial charge is 0.0632 e. The van der Waals surface area contributed by atoms with Crippen molar-refractivity contribution in [3.05, 3.63) is 0 Å². The van der Waals surface area contributed by atoms with Gasteiger partial charge in [0.2, 0.25) is 0 Å². The Morgan fingerprint density at radius 3 is 2.53 bits per heavy atom. The standard InChI is InChI=1S/C12H25NO2/c1-11(2,14)6-9-13-8-4-5-12(3,15)7-10-13/h14-15H,4-10H2,1-3H3. The first kappa shape index (κ1) is 12.9. The van der Waals surface area contributed by atoms with E-state index in [9.17, 15) is 10.2 Å². The van der Waals surface area contributed by atoms with Crippen molar-refractivity contribution in [3.8, 4) is 0 Å². The Morgan fingerprint density at radius 2 is 1.93 bits per heavy atom. The number of aliphatic hydroxyl groups is 2. The fraction of sp³-hybridized carbons (Fsp3) is 1.00. The third-order valence-electron chi connectivity index (χ3n) is 3.20. The van der Waals surface area contributed by atoms with Crippen molar-refractivity contribution in [1.29, 1.82) is 0 Å². The minimum atomic E-state index is -0.575. The predicted molar refractivity (Wildman–Crippen MR) is 61.8 cm³/mol. The van der Waals surface area contributed by atoms with Crippen LogP contribution in [-0.4, -0.2) is 45.9 Å². The Kier molecular flexibility index (Phi) is 4.15. The van der Waals surface area contributed by atoms with E-state index < -0.39 is 11.2 Å². The van der Waals surface area contributed by atoms with E-state index >= 15 is 0 Å². The van der Waals surface area contributed by atoms with Crippen LogP contribution in [0.25, 0.3) is 0 Å². The largest absolute Gasteiger partial charge is 0.390 e. The normalized spacial score (nSPS) is 30.2. The molecule has 0 saturated carbocycles. The molecule has 1 atom stereocenters. The van der Waals surface area contributed by atoms with Gasteiger partial charge in [0.05, 0.1) is 11.2 Å². The molecule has 1 heterocycles. The SMILES string of the molecule is CC(C)(O)CCN1CCCC(C)(O)CC1. The summed E-state index contributed by atoms with van der Waals surface area (Å²) in [5.74, 6) is 0. The van der Waals surface area contributed by atoms with Gasteiger partial charge in [-0.05, 0) is 53.0 Å². The fourth-order valence-corrected chi connectivity index (χ4v) is 1.97. The molecule has 15 heavy (non-hydrogen) atoms. The zero-order valence-corrected chi connectivity index (χ0v) is 10.3. The van der Waals surface area contributed by atoms with Gasteiger partial charge in [0, 0.05) is 13.1 Å². The number of rotatable bonds is 3. The van der Waals surface area contributed by atoms with Crippen LogP contribution in [0.5, 0.6) is 0 Å². The summed E-state index contributed by atoms with van der Waals surface area (Å²) >= 11 is 0. The minimum Gasteiger partial charge on any atom is -0.390 e.